The number of ether oxygens (including phenoxy) is 1. The third-order valence-corrected chi connectivity index (χ3v) is 6.12. The average Bonchev–Trinajstić information content (AvgIpc) is 3.08. The molecular weight excluding hydrogens is 390 g/mol. The standard InChI is InChI=1S/C25H23N3O3/c29-23-25(14-16-28(17-15-25)24(30)26-18-8-3-1-4-9-18)20-12-7-13-21(22(20)27-23)31-19-10-5-2-6-11-19/h1-13H,14-17H2,(H,26,30)(H,27,29). The molecule has 0 aromatic heterocycles. The number of rotatable bonds is 3. The molecule has 2 aliphatic heterocycles. The maximum absolute atomic E-state index is 13.1. The minimum absolute atomic E-state index is 0.0188. The monoisotopic (exact) mass is 413 g/mol. The van der Waals surface area contributed by atoms with Crippen molar-refractivity contribution in [2.75, 3.05) is 23.7 Å². The van der Waals surface area contributed by atoms with Crippen molar-refractivity contribution in [1.29, 1.82) is 0 Å². The molecule has 5 rings (SSSR count). The Hall–Kier alpha value is -3.80. The number of para-hydroxylation sites is 3. The van der Waals surface area contributed by atoms with Crippen LogP contribution in [-0.2, 0) is 10.2 Å². The van der Waals surface area contributed by atoms with E-state index in [1.165, 1.54) is 0 Å². The van der Waals surface area contributed by atoms with Crippen LogP contribution in [0.15, 0.2) is 78.9 Å². The summed E-state index contributed by atoms with van der Waals surface area (Å²) in [4.78, 5) is 27.5. The van der Waals surface area contributed by atoms with Gasteiger partial charge in [-0.2, -0.15) is 0 Å². The smallest absolute Gasteiger partial charge is 0.321 e. The number of urea groups is 1. The zero-order valence-corrected chi connectivity index (χ0v) is 17.0. The second-order valence-electron chi connectivity index (χ2n) is 7.91. The molecule has 0 saturated carbocycles. The van der Waals surface area contributed by atoms with Crippen LogP contribution in [-0.4, -0.2) is 29.9 Å². The van der Waals surface area contributed by atoms with Crippen LogP contribution < -0.4 is 15.4 Å². The third kappa shape index (κ3) is 3.50. The van der Waals surface area contributed by atoms with Gasteiger partial charge in [-0.3, -0.25) is 4.79 Å². The number of nitrogens with zero attached hydrogens (tertiary/aromatic N) is 1. The van der Waals surface area contributed by atoms with Crippen LogP contribution in [0.2, 0.25) is 0 Å². The summed E-state index contributed by atoms with van der Waals surface area (Å²) in [6.45, 7) is 1.02. The van der Waals surface area contributed by atoms with Crippen molar-refractivity contribution in [2.45, 2.75) is 18.3 Å². The number of benzene rings is 3. The summed E-state index contributed by atoms with van der Waals surface area (Å²) in [5.41, 5.74) is 1.82. The maximum Gasteiger partial charge on any atom is 0.321 e. The van der Waals surface area contributed by atoms with Gasteiger partial charge in [0, 0.05) is 18.8 Å². The van der Waals surface area contributed by atoms with Gasteiger partial charge in [-0.25, -0.2) is 4.79 Å². The highest BCUT2D eigenvalue weighted by molar-refractivity contribution is 6.08. The number of nitrogens with one attached hydrogen (secondary N) is 2. The van der Waals surface area contributed by atoms with E-state index in [0.717, 1.165) is 22.7 Å². The van der Waals surface area contributed by atoms with E-state index in [9.17, 15) is 9.59 Å². The first kappa shape index (κ1) is 19.2. The van der Waals surface area contributed by atoms with Gasteiger partial charge in [-0.05, 0) is 48.7 Å². The summed E-state index contributed by atoms with van der Waals surface area (Å²) < 4.78 is 6.04. The number of hydrogen-bond donors (Lipinski definition) is 2. The Morgan fingerprint density at radius 1 is 0.903 bits per heavy atom. The number of carbonyl (C=O) groups is 2. The van der Waals surface area contributed by atoms with E-state index < -0.39 is 5.41 Å². The molecular formula is C25H23N3O3. The summed E-state index contributed by atoms with van der Waals surface area (Å²) >= 11 is 0. The predicted octanol–water partition coefficient (Wildman–Crippen LogP) is 5.00. The molecule has 2 aliphatic rings. The van der Waals surface area contributed by atoms with Crippen molar-refractivity contribution in [3.8, 4) is 11.5 Å². The van der Waals surface area contributed by atoms with Crippen molar-refractivity contribution in [3.05, 3.63) is 84.4 Å². The van der Waals surface area contributed by atoms with E-state index in [4.69, 9.17) is 4.74 Å². The van der Waals surface area contributed by atoms with Crippen LogP contribution in [0, 0.1) is 0 Å². The molecule has 2 N–H and O–H groups in total. The second kappa shape index (κ2) is 7.80. The van der Waals surface area contributed by atoms with Gasteiger partial charge in [0.05, 0.1) is 11.1 Å². The molecule has 0 atom stereocenters. The molecule has 2 heterocycles. The van der Waals surface area contributed by atoms with Crippen molar-refractivity contribution >= 4 is 23.3 Å². The van der Waals surface area contributed by atoms with Gasteiger partial charge in [0.25, 0.3) is 0 Å². The van der Waals surface area contributed by atoms with Crippen LogP contribution >= 0.6 is 0 Å². The lowest BCUT2D eigenvalue weighted by atomic mass is 9.73. The highest BCUT2D eigenvalue weighted by Gasteiger charge is 2.49. The maximum atomic E-state index is 13.1. The van der Waals surface area contributed by atoms with Crippen molar-refractivity contribution in [3.63, 3.8) is 0 Å². The molecule has 3 aromatic carbocycles. The summed E-state index contributed by atoms with van der Waals surface area (Å²) in [6.07, 6.45) is 1.14. The SMILES string of the molecule is O=C(Nc1ccccc1)N1CCC2(CC1)C(=O)Nc1c(Oc3ccccc3)cccc12. The van der Waals surface area contributed by atoms with Gasteiger partial charge in [0.2, 0.25) is 5.91 Å². The van der Waals surface area contributed by atoms with Gasteiger partial charge in [-0.15, -0.1) is 0 Å². The summed E-state index contributed by atoms with van der Waals surface area (Å²) in [5.74, 6) is 1.34. The van der Waals surface area contributed by atoms with E-state index in [1.54, 1.807) is 4.90 Å². The summed E-state index contributed by atoms with van der Waals surface area (Å²) in [5, 5.41) is 5.97. The Labute approximate surface area is 180 Å². The number of anilines is 2. The lowest BCUT2D eigenvalue weighted by molar-refractivity contribution is -0.122. The zero-order chi connectivity index (χ0) is 21.3. The lowest BCUT2D eigenvalue weighted by Crippen LogP contribution is -2.49. The molecule has 1 fully saturated rings. The Morgan fingerprint density at radius 3 is 2.29 bits per heavy atom. The first-order valence-corrected chi connectivity index (χ1v) is 10.4. The summed E-state index contributed by atoms with van der Waals surface area (Å²) in [7, 11) is 0. The Balaban J connectivity index is 1.34. The van der Waals surface area contributed by atoms with Gasteiger partial charge in [0.15, 0.2) is 5.75 Å². The van der Waals surface area contributed by atoms with Gasteiger partial charge < -0.3 is 20.3 Å². The van der Waals surface area contributed by atoms with Gasteiger partial charge in [-0.1, -0.05) is 48.5 Å². The highest BCUT2D eigenvalue weighted by Crippen LogP contribution is 2.49. The molecule has 0 unspecified atom stereocenters. The normalized spacial score (nSPS) is 16.5. The molecule has 0 aliphatic carbocycles. The molecule has 6 nitrogen and oxygen atoms in total. The quantitative estimate of drug-likeness (QED) is 0.635. The van der Waals surface area contributed by atoms with E-state index in [1.807, 2.05) is 78.9 Å². The molecule has 156 valence electrons. The third-order valence-electron chi connectivity index (χ3n) is 6.12. The van der Waals surface area contributed by atoms with E-state index in [0.29, 0.717) is 31.7 Å². The predicted molar refractivity (Wildman–Crippen MR) is 120 cm³/mol. The Morgan fingerprint density at radius 2 is 1.58 bits per heavy atom. The highest BCUT2D eigenvalue weighted by atomic mass is 16.5. The number of hydrogen-bond acceptors (Lipinski definition) is 3. The van der Waals surface area contributed by atoms with Gasteiger partial charge >= 0.3 is 6.03 Å². The van der Waals surface area contributed by atoms with E-state index >= 15 is 0 Å². The summed E-state index contributed by atoms with van der Waals surface area (Å²) in [6, 6.07) is 24.6. The Kier molecular flexibility index (Phi) is 4.82. The van der Waals surface area contributed by atoms with Crippen molar-refractivity contribution < 1.29 is 14.3 Å². The molecule has 0 radical (unpaired) electrons. The van der Waals surface area contributed by atoms with Crippen LogP contribution in [0.1, 0.15) is 18.4 Å². The van der Waals surface area contributed by atoms with Crippen LogP contribution in [0.3, 0.4) is 0 Å². The van der Waals surface area contributed by atoms with Crippen molar-refractivity contribution in [2.24, 2.45) is 0 Å². The molecule has 6 heteroatoms. The zero-order valence-electron chi connectivity index (χ0n) is 17.0. The van der Waals surface area contributed by atoms with Crippen LogP contribution in [0.4, 0.5) is 16.2 Å². The fourth-order valence-corrected chi connectivity index (χ4v) is 4.43. The van der Waals surface area contributed by atoms with Crippen LogP contribution in [0.25, 0.3) is 0 Å². The molecule has 1 spiro atoms. The largest absolute Gasteiger partial charge is 0.455 e. The van der Waals surface area contributed by atoms with E-state index in [2.05, 4.69) is 10.6 Å². The fourth-order valence-electron chi connectivity index (χ4n) is 4.43. The topological polar surface area (TPSA) is 70.7 Å². The first-order chi connectivity index (χ1) is 15.2. The molecule has 3 aromatic rings. The first-order valence-electron chi connectivity index (χ1n) is 10.4. The average molecular weight is 413 g/mol. The van der Waals surface area contributed by atoms with Crippen LogP contribution in [0.5, 0.6) is 11.5 Å². The minimum Gasteiger partial charge on any atom is -0.455 e. The Bertz CT molecular complexity index is 1110. The molecule has 1 saturated heterocycles. The molecule has 3 amide bonds. The van der Waals surface area contributed by atoms with Gasteiger partial charge in [0.1, 0.15) is 5.75 Å². The fraction of sp³-hybridized carbons (Fsp3) is 0.200. The number of carbonyl (C=O) groups excluding carboxylic acids is 2. The number of likely N-dealkylation sites (tertiary alicyclic amines) is 1. The van der Waals surface area contributed by atoms with E-state index in [-0.39, 0.29) is 11.9 Å². The molecule has 31 heavy (non-hydrogen) atoms. The van der Waals surface area contributed by atoms with Crippen molar-refractivity contribution in [1.82, 2.24) is 4.90 Å². The minimum atomic E-state index is -0.630. The number of piperidine rings is 1. The molecule has 0 bridgehead atoms. The second-order valence-corrected chi connectivity index (χ2v) is 7.91. The number of fused-ring (bicyclic) bond motifs is 2. The lowest BCUT2D eigenvalue weighted by Gasteiger charge is -2.37. The number of amides is 3.